The predicted octanol–water partition coefficient (Wildman–Crippen LogP) is 1.85. The number of aryl methyl sites for hydroxylation is 1. The van der Waals surface area contributed by atoms with Crippen LogP contribution in [0.1, 0.15) is 44.7 Å². The van der Waals surface area contributed by atoms with Gasteiger partial charge in [-0.3, -0.25) is 9.78 Å². The quantitative estimate of drug-likeness (QED) is 0.433. The lowest BCUT2D eigenvalue weighted by Crippen LogP contribution is -2.58. The van der Waals surface area contributed by atoms with E-state index in [0.29, 0.717) is 48.9 Å². The van der Waals surface area contributed by atoms with Gasteiger partial charge in [-0.1, -0.05) is 24.6 Å². The number of amides is 1. The highest BCUT2D eigenvalue weighted by atomic mass is 16.3. The van der Waals surface area contributed by atoms with Crippen LogP contribution in [0.3, 0.4) is 0 Å². The van der Waals surface area contributed by atoms with Crippen molar-refractivity contribution < 1.29 is 25.2 Å². The number of carbonyl (C=O) groups is 1. The van der Waals surface area contributed by atoms with Gasteiger partial charge in [0, 0.05) is 23.2 Å². The second-order valence-electron chi connectivity index (χ2n) is 11.4. The third-order valence-electron chi connectivity index (χ3n) is 9.11. The van der Waals surface area contributed by atoms with Crippen molar-refractivity contribution >= 4 is 11.6 Å². The molecule has 0 radical (unpaired) electrons. The average molecular weight is 496 g/mol. The zero-order chi connectivity index (χ0) is 26.0. The summed E-state index contributed by atoms with van der Waals surface area (Å²) in [6.45, 7) is 3.89. The lowest BCUT2D eigenvalue weighted by molar-refractivity contribution is -0.114. The molecule has 8 heteroatoms. The Balaban J connectivity index is 1.46. The molecule has 0 aromatic carbocycles. The van der Waals surface area contributed by atoms with E-state index < -0.39 is 29.3 Å². The Morgan fingerprint density at radius 2 is 1.97 bits per heavy atom. The van der Waals surface area contributed by atoms with Crippen molar-refractivity contribution in [2.45, 2.75) is 75.9 Å². The molecular weight excluding hydrogens is 458 g/mol. The van der Waals surface area contributed by atoms with Gasteiger partial charge in [0.15, 0.2) is 0 Å². The van der Waals surface area contributed by atoms with Gasteiger partial charge in [-0.25, -0.2) is 0 Å². The minimum Gasteiger partial charge on any atom is -0.388 e. The molecule has 4 aliphatic carbocycles. The van der Waals surface area contributed by atoms with Crippen molar-refractivity contribution in [3.05, 3.63) is 58.5 Å². The summed E-state index contributed by atoms with van der Waals surface area (Å²) in [5.41, 5.74) is 2.38. The van der Waals surface area contributed by atoms with Gasteiger partial charge in [0.25, 0.3) is 5.91 Å². The third kappa shape index (κ3) is 3.87. The molecule has 0 bridgehead atoms. The van der Waals surface area contributed by atoms with Gasteiger partial charge in [-0.15, -0.1) is 0 Å². The summed E-state index contributed by atoms with van der Waals surface area (Å²) in [6, 6.07) is 3.23. The monoisotopic (exact) mass is 495 g/mol. The smallest absolute Gasteiger partial charge is 0.251 e. The first kappa shape index (κ1) is 25.3. The summed E-state index contributed by atoms with van der Waals surface area (Å²) in [4.78, 5) is 19.5. The van der Waals surface area contributed by atoms with E-state index in [1.54, 1.807) is 18.3 Å². The minimum atomic E-state index is -1.27. The van der Waals surface area contributed by atoms with Crippen molar-refractivity contribution in [1.29, 1.82) is 0 Å². The van der Waals surface area contributed by atoms with E-state index >= 15 is 0 Å². The fourth-order valence-electron chi connectivity index (χ4n) is 7.01. The molecule has 1 aromatic heterocycles. The van der Waals surface area contributed by atoms with Gasteiger partial charge >= 0.3 is 0 Å². The molecule has 4 aliphatic rings. The molecule has 1 saturated carbocycles. The standard InChI is InChI=1S/C28H37N3O5/c1-15-21(6-5-11-29-15)30-26(35)19-8-7-18-16-9-10-28(36)13-22(31(3)4)25(34)24(33)20(28)12-17(16)23(32)14-27(18,19)2/h5-6,8,11-12,18,22-25,32-34,36H,7,9-10,13-14H2,1-4H3,(H,30,35). The van der Waals surface area contributed by atoms with E-state index in [4.69, 9.17) is 0 Å². The van der Waals surface area contributed by atoms with E-state index in [1.165, 1.54) is 0 Å². The van der Waals surface area contributed by atoms with E-state index in [0.717, 1.165) is 16.8 Å². The highest BCUT2D eigenvalue weighted by Gasteiger charge is 2.54. The van der Waals surface area contributed by atoms with Crippen LogP contribution in [0, 0.1) is 18.3 Å². The molecule has 5 N–H and O–H groups in total. The molecular formula is C28H37N3O5. The highest BCUT2D eigenvalue weighted by molar-refractivity contribution is 6.05. The number of aliphatic hydroxyl groups is 4. The minimum absolute atomic E-state index is 0.0129. The first-order valence-corrected chi connectivity index (χ1v) is 12.8. The van der Waals surface area contributed by atoms with Crippen molar-refractivity contribution in [2.24, 2.45) is 11.3 Å². The fraction of sp³-hybridized carbons (Fsp3) is 0.571. The third-order valence-corrected chi connectivity index (χ3v) is 9.11. The van der Waals surface area contributed by atoms with E-state index in [9.17, 15) is 25.2 Å². The number of hydrogen-bond acceptors (Lipinski definition) is 7. The maximum atomic E-state index is 13.4. The van der Waals surface area contributed by atoms with E-state index in [-0.39, 0.29) is 17.9 Å². The summed E-state index contributed by atoms with van der Waals surface area (Å²) in [5, 5.41) is 47.8. The second kappa shape index (κ2) is 8.89. The normalized spacial score (nSPS) is 38.0. The fourth-order valence-corrected chi connectivity index (χ4v) is 7.01. The number of rotatable bonds is 3. The SMILES string of the molecule is Cc1ncccc1NC(=O)C1=CCC2C3=C(C=C4C(O)C(O)C(N(C)C)CC4(O)CC3)C(O)CC12C. The van der Waals surface area contributed by atoms with Gasteiger partial charge in [0.2, 0.25) is 0 Å². The zero-order valence-electron chi connectivity index (χ0n) is 21.4. The van der Waals surface area contributed by atoms with Crippen LogP contribution in [0.5, 0.6) is 0 Å². The number of fused-ring (bicyclic) bond motifs is 3. The van der Waals surface area contributed by atoms with Crippen LogP contribution in [0.15, 0.2) is 52.8 Å². The van der Waals surface area contributed by atoms with Crippen LogP contribution < -0.4 is 5.32 Å². The first-order chi connectivity index (χ1) is 17.0. The molecule has 1 heterocycles. The van der Waals surface area contributed by atoms with Crippen molar-refractivity contribution in [1.82, 2.24) is 9.88 Å². The number of allylic oxidation sites excluding steroid dienone is 2. The lowest BCUT2D eigenvalue weighted by atomic mass is 9.62. The molecule has 1 amide bonds. The Morgan fingerprint density at radius 1 is 1.22 bits per heavy atom. The first-order valence-electron chi connectivity index (χ1n) is 12.8. The lowest BCUT2D eigenvalue weighted by Gasteiger charge is -2.46. The van der Waals surface area contributed by atoms with Gasteiger partial charge in [0.05, 0.1) is 29.2 Å². The molecule has 5 rings (SSSR count). The maximum absolute atomic E-state index is 13.4. The van der Waals surface area contributed by atoms with Crippen LogP contribution in [0.4, 0.5) is 5.69 Å². The Labute approximate surface area is 212 Å². The van der Waals surface area contributed by atoms with Gasteiger partial charge in [-0.05, 0) is 82.3 Å². The van der Waals surface area contributed by atoms with Crippen molar-refractivity contribution in [2.75, 3.05) is 19.4 Å². The molecule has 0 spiro atoms. The molecule has 36 heavy (non-hydrogen) atoms. The van der Waals surface area contributed by atoms with Gasteiger partial charge < -0.3 is 30.6 Å². The predicted molar refractivity (Wildman–Crippen MR) is 136 cm³/mol. The summed E-state index contributed by atoms with van der Waals surface area (Å²) in [7, 11) is 3.66. The van der Waals surface area contributed by atoms with Gasteiger partial charge in [0.1, 0.15) is 6.10 Å². The number of nitrogens with one attached hydrogen (secondary N) is 1. The number of likely N-dealkylation sites (N-methyl/N-ethyl adjacent to an activating group) is 1. The summed E-state index contributed by atoms with van der Waals surface area (Å²) < 4.78 is 0. The summed E-state index contributed by atoms with van der Waals surface area (Å²) >= 11 is 0. The van der Waals surface area contributed by atoms with Crippen molar-refractivity contribution in [3.8, 4) is 0 Å². The van der Waals surface area contributed by atoms with E-state index in [1.807, 2.05) is 45.0 Å². The zero-order valence-corrected chi connectivity index (χ0v) is 21.4. The van der Waals surface area contributed by atoms with Crippen LogP contribution >= 0.6 is 0 Å². The van der Waals surface area contributed by atoms with Crippen LogP contribution in [0.25, 0.3) is 0 Å². The molecule has 7 unspecified atom stereocenters. The van der Waals surface area contributed by atoms with Crippen LogP contribution in [-0.2, 0) is 4.79 Å². The summed E-state index contributed by atoms with van der Waals surface area (Å²) in [6.07, 6.45) is 4.60. The molecule has 0 aliphatic heterocycles. The Hall–Kier alpha value is -2.36. The van der Waals surface area contributed by atoms with Crippen LogP contribution in [0.2, 0.25) is 0 Å². The second-order valence-corrected chi connectivity index (χ2v) is 11.4. The molecule has 1 fully saturated rings. The average Bonchev–Trinajstić information content (AvgIpc) is 3.07. The molecule has 7 atom stereocenters. The Bertz CT molecular complexity index is 1170. The number of nitrogens with zero attached hydrogens (tertiary/aromatic N) is 2. The number of aliphatic hydroxyl groups excluding tert-OH is 3. The van der Waals surface area contributed by atoms with E-state index in [2.05, 4.69) is 10.3 Å². The Kier molecular flexibility index (Phi) is 6.24. The number of aromatic nitrogens is 1. The highest BCUT2D eigenvalue weighted by Crippen LogP contribution is 2.57. The van der Waals surface area contributed by atoms with Crippen LogP contribution in [-0.4, -0.2) is 80.3 Å². The number of anilines is 1. The Morgan fingerprint density at radius 3 is 2.67 bits per heavy atom. The number of carbonyl (C=O) groups excluding carboxylic acids is 1. The van der Waals surface area contributed by atoms with Gasteiger partial charge in [-0.2, -0.15) is 0 Å². The topological polar surface area (TPSA) is 126 Å². The number of pyridine rings is 1. The molecule has 8 nitrogen and oxygen atoms in total. The molecule has 194 valence electrons. The number of hydrogen-bond donors (Lipinski definition) is 5. The van der Waals surface area contributed by atoms with Crippen molar-refractivity contribution in [3.63, 3.8) is 0 Å². The summed E-state index contributed by atoms with van der Waals surface area (Å²) in [5.74, 6) is -0.169. The molecule has 1 aromatic rings. The molecule has 0 saturated heterocycles. The maximum Gasteiger partial charge on any atom is 0.251 e. The largest absolute Gasteiger partial charge is 0.388 e.